The first-order chi connectivity index (χ1) is 8.40. The molecule has 0 bridgehead atoms. The number of amides is 1. The van der Waals surface area contributed by atoms with E-state index in [1.165, 1.54) is 12.1 Å². The third-order valence-corrected chi connectivity index (χ3v) is 2.01. The molecular formula is C11H10FNO5. The highest BCUT2D eigenvalue weighted by atomic mass is 19.1. The summed E-state index contributed by atoms with van der Waals surface area (Å²) in [7, 11) is 0. The van der Waals surface area contributed by atoms with Crippen LogP contribution in [0.15, 0.2) is 24.3 Å². The Morgan fingerprint density at radius 1 is 1.11 bits per heavy atom. The lowest BCUT2D eigenvalue weighted by atomic mass is 10.2. The number of halogens is 1. The van der Waals surface area contributed by atoms with Crippen molar-refractivity contribution in [1.29, 1.82) is 0 Å². The number of aliphatic carboxylic acids is 2. The third kappa shape index (κ3) is 3.85. The van der Waals surface area contributed by atoms with Gasteiger partial charge in [-0.25, -0.2) is 4.39 Å². The zero-order valence-electron chi connectivity index (χ0n) is 9.17. The normalized spacial score (nSPS) is 9.83. The number of benzene rings is 1. The number of nitrogens with zero attached hydrogens (tertiary/aromatic N) is 1. The van der Waals surface area contributed by atoms with Gasteiger partial charge in [-0.05, 0) is 18.2 Å². The fourth-order valence-electron chi connectivity index (χ4n) is 1.33. The molecule has 0 fully saturated rings. The molecule has 1 aromatic rings. The Balaban J connectivity index is 2.94. The molecule has 6 nitrogen and oxygen atoms in total. The van der Waals surface area contributed by atoms with E-state index in [2.05, 4.69) is 0 Å². The molecule has 0 aliphatic carbocycles. The van der Waals surface area contributed by atoms with Crippen molar-refractivity contribution in [2.75, 3.05) is 13.1 Å². The van der Waals surface area contributed by atoms with E-state index in [-0.39, 0.29) is 5.56 Å². The summed E-state index contributed by atoms with van der Waals surface area (Å²) in [5.41, 5.74) is -0.0995. The minimum absolute atomic E-state index is 0.0995. The molecule has 1 rings (SSSR count). The fraction of sp³-hybridized carbons (Fsp3) is 0.182. The van der Waals surface area contributed by atoms with Gasteiger partial charge in [0.1, 0.15) is 18.9 Å². The maximum atomic E-state index is 12.9. The summed E-state index contributed by atoms with van der Waals surface area (Å²) in [6, 6.07) is 4.60. The number of carbonyl (C=O) groups excluding carboxylic acids is 1. The van der Waals surface area contributed by atoms with E-state index in [4.69, 9.17) is 10.2 Å². The second-order valence-electron chi connectivity index (χ2n) is 3.46. The smallest absolute Gasteiger partial charge is 0.323 e. The number of hydrogen-bond acceptors (Lipinski definition) is 3. The van der Waals surface area contributed by atoms with Gasteiger partial charge in [-0.15, -0.1) is 0 Å². The molecule has 96 valence electrons. The Labute approximate surface area is 101 Å². The van der Waals surface area contributed by atoms with E-state index in [1.54, 1.807) is 0 Å². The van der Waals surface area contributed by atoms with E-state index < -0.39 is 36.8 Å². The second kappa shape index (κ2) is 5.76. The Morgan fingerprint density at radius 3 is 2.11 bits per heavy atom. The van der Waals surface area contributed by atoms with E-state index in [0.717, 1.165) is 12.1 Å². The van der Waals surface area contributed by atoms with Crippen LogP contribution in [0.25, 0.3) is 0 Å². The van der Waals surface area contributed by atoms with E-state index in [0.29, 0.717) is 4.90 Å². The molecule has 0 saturated carbocycles. The zero-order chi connectivity index (χ0) is 13.7. The standard InChI is InChI=1S/C11H10FNO5/c12-8-3-1-2-7(4-8)11(18)13(5-9(14)15)6-10(16)17/h1-4H,5-6H2,(H,14,15)(H,16,17). The van der Waals surface area contributed by atoms with Crippen molar-refractivity contribution < 1.29 is 29.0 Å². The summed E-state index contributed by atoms with van der Waals surface area (Å²) >= 11 is 0. The Hall–Kier alpha value is -2.44. The number of hydrogen-bond donors (Lipinski definition) is 2. The van der Waals surface area contributed by atoms with E-state index in [9.17, 15) is 18.8 Å². The Kier molecular flexibility index (Phi) is 4.36. The summed E-state index contributed by atoms with van der Waals surface area (Å²) < 4.78 is 12.9. The molecule has 0 unspecified atom stereocenters. The lowest BCUT2D eigenvalue weighted by Crippen LogP contribution is -2.39. The fourth-order valence-corrected chi connectivity index (χ4v) is 1.33. The first kappa shape index (κ1) is 13.6. The molecule has 0 radical (unpaired) electrons. The average molecular weight is 255 g/mol. The molecule has 0 aromatic heterocycles. The lowest BCUT2D eigenvalue weighted by Gasteiger charge is -2.18. The van der Waals surface area contributed by atoms with Gasteiger partial charge < -0.3 is 15.1 Å². The summed E-state index contributed by atoms with van der Waals surface area (Å²) in [5.74, 6) is -4.20. The van der Waals surface area contributed by atoms with Crippen LogP contribution in [0.4, 0.5) is 4.39 Å². The van der Waals surface area contributed by atoms with Gasteiger partial charge in [-0.3, -0.25) is 14.4 Å². The van der Waals surface area contributed by atoms with Crippen LogP contribution < -0.4 is 0 Å². The van der Waals surface area contributed by atoms with Crippen LogP contribution >= 0.6 is 0 Å². The number of rotatable bonds is 5. The number of carboxylic acids is 2. The molecule has 18 heavy (non-hydrogen) atoms. The topological polar surface area (TPSA) is 94.9 Å². The molecule has 0 heterocycles. The molecule has 0 saturated heterocycles. The maximum Gasteiger partial charge on any atom is 0.323 e. The van der Waals surface area contributed by atoms with Crippen molar-refractivity contribution in [1.82, 2.24) is 4.90 Å². The highest BCUT2D eigenvalue weighted by Gasteiger charge is 2.21. The average Bonchev–Trinajstić information content (AvgIpc) is 2.26. The van der Waals surface area contributed by atoms with Gasteiger partial charge in [0.2, 0.25) is 0 Å². The first-order valence-electron chi connectivity index (χ1n) is 4.88. The molecule has 7 heteroatoms. The van der Waals surface area contributed by atoms with Crippen molar-refractivity contribution in [3.63, 3.8) is 0 Å². The maximum absolute atomic E-state index is 12.9. The zero-order valence-corrected chi connectivity index (χ0v) is 9.17. The van der Waals surface area contributed by atoms with Crippen LogP contribution in [0.1, 0.15) is 10.4 Å². The summed E-state index contributed by atoms with van der Waals surface area (Å²) in [6.45, 7) is -1.52. The van der Waals surface area contributed by atoms with Gasteiger partial charge in [0.15, 0.2) is 0 Å². The second-order valence-corrected chi connectivity index (χ2v) is 3.46. The monoisotopic (exact) mass is 255 g/mol. The molecule has 1 aromatic carbocycles. The molecule has 0 atom stereocenters. The van der Waals surface area contributed by atoms with Crippen LogP contribution in [0.3, 0.4) is 0 Å². The first-order valence-corrected chi connectivity index (χ1v) is 4.88. The molecule has 0 aliphatic heterocycles. The van der Waals surface area contributed by atoms with Gasteiger partial charge in [0.25, 0.3) is 5.91 Å². The minimum Gasteiger partial charge on any atom is -0.480 e. The number of carbonyl (C=O) groups is 3. The van der Waals surface area contributed by atoms with Gasteiger partial charge in [-0.1, -0.05) is 6.07 Å². The van der Waals surface area contributed by atoms with Gasteiger partial charge in [0.05, 0.1) is 0 Å². The Morgan fingerprint density at radius 2 is 1.67 bits per heavy atom. The minimum atomic E-state index is -1.35. The SMILES string of the molecule is O=C(O)CN(CC(=O)O)C(=O)c1cccc(F)c1. The lowest BCUT2D eigenvalue weighted by molar-refractivity contribution is -0.140. The van der Waals surface area contributed by atoms with Crippen LogP contribution in [0.2, 0.25) is 0 Å². The van der Waals surface area contributed by atoms with Crippen molar-refractivity contribution in [3.8, 4) is 0 Å². The quantitative estimate of drug-likeness (QED) is 0.795. The molecule has 1 amide bonds. The van der Waals surface area contributed by atoms with Crippen LogP contribution in [0.5, 0.6) is 0 Å². The van der Waals surface area contributed by atoms with Gasteiger partial charge >= 0.3 is 11.9 Å². The summed E-state index contributed by atoms with van der Waals surface area (Å²) in [5, 5.41) is 17.2. The van der Waals surface area contributed by atoms with Gasteiger partial charge in [0, 0.05) is 5.56 Å². The summed E-state index contributed by atoms with van der Waals surface area (Å²) in [6.07, 6.45) is 0. The van der Waals surface area contributed by atoms with Crippen molar-refractivity contribution in [2.24, 2.45) is 0 Å². The van der Waals surface area contributed by atoms with Crippen molar-refractivity contribution in [2.45, 2.75) is 0 Å². The molecule has 0 aliphatic rings. The van der Waals surface area contributed by atoms with Gasteiger partial charge in [-0.2, -0.15) is 0 Å². The largest absolute Gasteiger partial charge is 0.480 e. The third-order valence-electron chi connectivity index (χ3n) is 2.01. The highest BCUT2D eigenvalue weighted by molar-refractivity contribution is 5.97. The predicted octanol–water partition coefficient (Wildman–Crippen LogP) is 0.437. The van der Waals surface area contributed by atoms with E-state index in [1.807, 2.05) is 0 Å². The van der Waals surface area contributed by atoms with E-state index >= 15 is 0 Å². The highest BCUT2D eigenvalue weighted by Crippen LogP contribution is 2.07. The van der Waals surface area contributed by atoms with Crippen molar-refractivity contribution in [3.05, 3.63) is 35.6 Å². The molecule has 2 N–H and O–H groups in total. The summed E-state index contributed by atoms with van der Waals surface area (Å²) in [4.78, 5) is 33.5. The van der Waals surface area contributed by atoms with Crippen LogP contribution in [-0.4, -0.2) is 46.0 Å². The number of carboxylic acid groups (broad SMARTS) is 2. The van der Waals surface area contributed by atoms with Crippen LogP contribution in [-0.2, 0) is 9.59 Å². The molecular weight excluding hydrogens is 245 g/mol. The van der Waals surface area contributed by atoms with Crippen molar-refractivity contribution >= 4 is 17.8 Å². The predicted molar refractivity (Wildman–Crippen MR) is 57.6 cm³/mol. The van der Waals surface area contributed by atoms with Crippen LogP contribution in [0, 0.1) is 5.82 Å². The Bertz CT molecular complexity index is 472. The molecule has 0 spiro atoms.